The number of hydrogen-bond acceptors (Lipinski definition) is 6. The molecule has 0 spiro atoms. The van der Waals surface area contributed by atoms with Crippen molar-refractivity contribution in [2.24, 2.45) is 0 Å². The maximum absolute atomic E-state index is 12.4. The lowest BCUT2D eigenvalue weighted by Crippen LogP contribution is -2.30. The molecule has 0 fully saturated rings. The second-order valence-corrected chi connectivity index (χ2v) is 6.69. The summed E-state index contributed by atoms with van der Waals surface area (Å²) in [5, 5.41) is 23.1. The second kappa shape index (κ2) is 7.52. The lowest BCUT2D eigenvalue weighted by atomic mass is 10.2. The zero-order chi connectivity index (χ0) is 16.9. The zero-order valence-corrected chi connectivity index (χ0v) is 13.6. The molecule has 1 atom stereocenters. The van der Waals surface area contributed by atoms with Gasteiger partial charge in [0.25, 0.3) is 5.69 Å². The van der Waals surface area contributed by atoms with E-state index in [1.165, 1.54) is 23.4 Å². The molecule has 0 bridgehead atoms. The van der Waals surface area contributed by atoms with Crippen LogP contribution in [0.3, 0.4) is 0 Å². The zero-order valence-electron chi connectivity index (χ0n) is 12.8. The van der Waals surface area contributed by atoms with E-state index in [1.807, 2.05) is 0 Å². The van der Waals surface area contributed by atoms with E-state index in [2.05, 4.69) is 5.32 Å². The molecule has 0 saturated heterocycles. The van der Waals surface area contributed by atoms with Gasteiger partial charge in [0, 0.05) is 25.7 Å². The van der Waals surface area contributed by atoms with Crippen molar-refractivity contribution in [2.45, 2.75) is 31.8 Å². The minimum absolute atomic E-state index is 0.120. The predicted molar refractivity (Wildman–Crippen MR) is 83.4 cm³/mol. The molecule has 2 N–H and O–H groups in total. The van der Waals surface area contributed by atoms with Crippen LogP contribution in [-0.2, 0) is 10.0 Å². The van der Waals surface area contributed by atoms with Crippen LogP contribution in [-0.4, -0.2) is 48.5 Å². The van der Waals surface area contributed by atoms with E-state index in [9.17, 15) is 23.6 Å². The first-order valence-corrected chi connectivity index (χ1v) is 8.38. The van der Waals surface area contributed by atoms with E-state index in [0.29, 0.717) is 0 Å². The van der Waals surface area contributed by atoms with Gasteiger partial charge in [-0.25, -0.2) is 8.42 Å². The standard InChI is InChI=1S/C13H21N3O5S/c1-4-15(5-2)22(20,21)11-6-7-12(14-9-10(3)17)13(8-11)16(18)19/h6-8,10,14,17H,4-5,9H2,1-3H3/t10-/m1/s1. The molecule has 0 aliphatic rings. The molecule has 0 aromatic heterocycles. The first-order chi connectivity index (χ1) is 10.2. The number of aliphatic hydroxyl groups excluding tert-OH is 1. The summed E-state index contributed by atoms with van der Waals surface area (Å²) in [5.74, 6) is 0. The Morgan fingerprint density at radius 3 is 2.41 bits per heavy atom. The lowest BCUT2D eigenvalue weighted by Gasteiger charge is -2.18. The van der Waals surface area contributed by atoms with E-state index in [0.717, 1.165) is 6.07 Å². The van der Waals surface area contributed by atoms with E-state index < -0.39 is 21.1 Å². The molecule has 0 aliphatic carbocycles. The van der Waals surface area contributed by atoms with Gasteiger partial charge in [0.15, 0.2) is 0 Å². The number of nitro benzene ring substituents is 1. The average molecular weight is 331 g/mol. The van der Waals surface area contributed by atoms with Gasteiger partial charge in [-0.05, 0) is 19.1 Å². The second-order valence-electron chi connectivity index (χ2n) is 4.76. The van der Waals surface area contributed by atoms with Crippen molar-refractivity contribution in [3.8, 4) is 0 Å². The summed E-state index contributed by atoms with van der Waals surface area (Å²) < 4.78 is 26.0. The molecule has 0 saturated carbocycles. The Morgan fingerprint density at radius 1 is 1.36 bits per heavy atom. The number of rotatable bonds is 8. The van der Waals surface area contributed by atoms with Gasteiger partial charge in [0.1, 0.15) is 5.69 Å². The number of benzene rings is 1. The van der Waals surface area contributed by atoms with E-state index in [1.54, 1.807) is 13.8 Å². The Kier molecular flexibility index (Phi) is 6.27. The van der Waals surface area contributed by atoms with Gasteiger partial charge in [0.2, 0.25) is 10.0 Å². The molecule has 124 valence electrons. The third kappa shape index (κ3) is 4.15. The molecule has 1 aromatic carbocycles. The van der Waals surface area contributed by atoms with Crippen molar-refractivity contribution in [1.82, 2.24) is 4.31 Å². The number of sulfonamides is 1. The van der Waals surface area contributed by atoms with Crippen LogP contribution in [0.25, 0.3) is 0 Å². The van der Waals surface area contributed by atoms with E-state index in [-0.39, 0.29) is 35.9 Å². The van der Waals surface area contributed by atoms with Crippen LogP contribution >= 0.6 is 0 Å². The quantitative estimate of drug-likeness (QED) is 0.550. The van der Waals surface area contributed by atoms with Gasteiger partial charge in [-0.3, -0.25) is 10.1 Å². The van der Waals surface area contributed by atoms with Crippen LogP contribution < -0.4 is 5.32 Å². The lowest BCUT2D eigenvalue weighted by molar-refractivity contribution is -0.384. The molecule has 0 radical (unpaired) electrons. The van der Waals surface area contributed by atoms with Crippen LogP contribution in [0.4, 0.5) is 11.4 Å². The summed E-state index contributed by atoms with van der Waals surface area (Å²) in [7, 11) is -3.75. The fraction of sp³-hybridized carbons (Fsp3) is 0.538. The first-order valence-electron chi connectivity index (χ1n) is 6.94. The molecular weight excluding hydrogens is 310 g/mol. The summed E-state index contributed by atoms with van der Waals surface area (Å²) in [5.41, 5.74) is -0.168. The highest BCUT2D eigenvalue weighted by atomic mass is 32.2. The van der Waals surface area contributed by atoms with Crippen molar-refractivity contribution < 1.29 is 18.4 Å². The molecule has 9 heteroatoms. The molecule has 0 amide bonds. The summed E-state index contributed by atoms with van der Waals surface area (Å²) in [6.07, 6.45) is -0.682. The monoisotopic (exact) mass is 331 g/mol. The maximum Gasteiger partial charge on any atom is 0.293 e. The predicted octanol–water partition coefficient (Wildman–Crippen LogP) is 1.42. The molecular formula is C13H21N3O5S. The fourth-order valence-corrected chi connectivity index (χ4v) is 3.42. The average Bonchev–Trinajstić information content (AvgIpc) is 2.45. The summed E-state index contributed by atoms with van der Waals surface area (Å²) in [6, 6.07) is 3.71. The van der Waals surface area contributed by atoms with Crippen molar-refractivity contribution in [2.75, 3.05) is 25.0 Å². The third-order valence-corrected chi connectivity index (χ3v) is 5.14. The molecule has 1 aromatic rings. The Bertz CT molecular complexity index is 627. The van der Waals surface area contributed by atoms with Gasteiger partial charge >= 0.3 is 0 Å². The molecule has 8 nitrogen and oxygen atoms in total. The van der Waals surface area contributed by atoms with Crippen LogP contribution in [0.2, 0.25) is 0 Å². The highest BCUT2D eigenvalue weighted by Gasteiger charge is 2.25. The first kappa shape index (κ1) is 18.3. The van der Waals surface area contributed by atoms with Gasteiger partial charge < -0.3 is 10.4 Å². The molecule has 22 heavy (non-hydrogen) atoms. The Labute approximate surface area is 130 Å². The Hall–Kier alpha value is -1.71. The highest BCUT2D eigenvalue weighted by Crippen LogP contribution is 2.28. The minimum Gasteiger partial charge on any atom is -0.392 e. The van der Waals surface area contributed by atoms with Crippen molar-refractivity contribution >= 4 is 21.4 Å². The van der Waals surface area contributed by atoms with Crippen molar-refractivity contribution in [1.29, 1.82) is 0 Å². The topological polar surface area (TPSA) is 113 Å². The normalized spacial score (nSPS) is 13.1. The maximum atomic E-state index is 12.4. The van der Waals surface area contributed by atoms with Crippen LogP contribution in [0, 0.1) is 10.1 Å². The summed E-state index contributed by atoms with van der Waals surface area (Å²) in [4.78, 5) is 10.4. The van der Waals surface area contributed by atoms with Crippen LogP contribution in [0.15, 0.2) is 23.1 Å². The molecule has 1 rings (SSSR count). The summed E-state index contributed by atoms with van der Waals surface area (Å²) >= 11 is 0. The number of aliphatic hydroxyl groups is 1. The van der Waals surface area contributed by atoms with Gasteiger partial charge in [-0.2, -0.15) is 4.31 Å². The third-order valence-electron chi connectivity index (χ3n) is 3.10. The fourth-order valence-electron chi connectivity index (χ4n) is 1.94. The molecule has 0 aliphatic heterocycles. The Balaban J connectivity index is 3.26. The molecule has 0 heterocycles. The number of nitrogens with zero attached hydrogens (tertiary/aromatic N) is 2. The van der Waals surface area contributed by atoms with Crippen molar-refractivity contribution in [3.63, 3.8) is 0 Å². The molecule has 0 unspecified atom stereocenters. The number of hydrogen-bond donors (Lipinski definition) is 2. The number of nitrogens with one attached hydrogen (secondary N) is 1. The van der Waals surface area contributed by atoms with Crippen molar-refractivity contribution in [3.05, 3.63) is 28.3 Å². The Morgan fingerprint density at radius 2 is 1.95 bits per heavy atom. The van der Waals surface area contributed by atoms with E-state index in [4.69, 9.17) is 0 Å². The van der Waals surface area contributed by atoms with Gasteiger partial charge in [0.05, 0.1) is 15.9 Å². The number of anilines is 1. The van der Waals surface area contributed by atoms with E-state index >= 15 is 0 Å². The minimum atomic E-state index is -3.75. The largest absolute Gasteiger partial charge is 0.392 e. The van der Waals surface area contributed by atoms with Crippen LogP contribution in [0.5, 0.6) is 0 Å². The van der Waals surface area contributed by atoms with Gasteiger partial charge in [-0.1, -0.05) is 13.8 Å². The SMILES string of the molecule is CCN(CC)S(=O)(=O)c1ccc(NC[C@@H](C)O)c([N+](=O)[O-])c1. The summed E-state index contributed by atoms with van der Waals surface area (Å²) in [6.45, 7) is 5.65. The highest BCUT2D eigenvalue weighted by molar-refractivity contribution is 7.89. The smallest absolute Gasteiger partial charge is 0.293 e. The number of nitro groups is 1. The van der Waals surface area contributed by atoms with Gasteiger partial charge in [-0.15, -0.1) is 0 Å². The van der Waals surface area contributed by atoms with Crippen LogP contribution in [0.1, 0.15) is 20.8 Å².